The fraction of sp³-hybridized carbons (Fsp3) is 0.0714. The zero-order valence-electron chi connectivity index (χ0n) is 10.9. The summed E-state index contributed by atoms with van der Waals surface area (Å²) in [5.74, 6) is 0. The number of rotatable bonds is 4. The fourth-order valence-electron chi connectivity index (χ4n) is 2.06. The van der Waals surface area contributed by atoms with E-state index < -0.39 is 10.0 Å². The van der Waals surface area contributed by atoms with Gasteiger partial charge in [0.15, 0.2) is 0 Å². The van der Waals surface area contributed by atoms with Crippen LogP contribution in [0.2, 0.25) is 5.15 Å². The van der Waals surface area contributed by atoms with Gasteiger partial charge in [0.05, 0.1) is 0 Å². The van der Waals surface area contributed by atoms with Gasteiger partial charge in [0.25, 0.3) is 0 Å². The molecule has 5 nitrogen and oxygen atoms in total. The standard InChI is InChI=1S/C14H12ClN3O2S/c15-14-6-5-11(9-17-14)21(19,20)18-8-10-7-16-13-4-2-1-3-12(10)13/h1-7,9,16,18H,8H2. The number of aromatic amines is 1. The first-order valence-corrected chi connectivity index (χ1v) is 8.08. The van der Waals surface area contributed by atoms with Crippen molar-refractivity contribution in [2.45, 2.75) is 11.4 Å². The topological polar surface area (TPSA) is 74.8 Å². The van der Waals surface area contributed by atoms with E-state index in [0.717, 1.165) is 16.5 Å². The minimum Gasteiger partial charge on any atom is -0.361 e. The normalized spacial score (nSPS) is 11.9. The second-order valence-electron chi connectivity index (χ2n) is 4.50. The number of sulfonamides is 1. The number of benzene rings is 1. The van der Waals surface area contributed by atoms with Gasteiger partial charge in [0, 0.05) is 29.8 Å². The number of pyridine rings is 1. The summed E-state index contributed by atoms with van der Waals surface area (Å²) in [5.41, 5.74) is 1.86. The number of H-pyrrole nitrogens is 1. The monoisotopic (exact) mass is 321 g/mol. The van der Waals surface area contributed by atoms with Crippen LogP contribution >= 0.6 is 11.6 Å². The molecule has 7 heteroatoms. The lowest BCUT2D eigenvalue weighted by Crippen LogP contribution is -2.23. The first-order valence-electron chi connectivity index (χ1n) is 6.22. The highest BCUT2D eigenvalue weighted by atomic mass is 35.5. The first kappa shape index (κ1) is 14.1. The average Bonchev–Trinajstić information content (AvgIpc) is 2.89. The Morgan fingerprint density at radius 2 is 2.00 bits per heavy atom. The van der Waals surface area contributed by atoms with E-state index in [1.807, 2.05) is 24.3 Å². The average molecular weight is 322 g/mol. The number of halogens is 1. The van der Waals surface area contributed by atoms with Gasteiger partial charge in [0.2, 0.25) is 10.0 Å². The third-order valence-electron chi connectivity index (χ3n) is 3.14. The Labute approximate surface area is 127 Å². The highest BCUT2D eigenvalue weighted by molar-refractivity contribution is 7.89. The maximum atomic E-state index is 12.2. The third-order valence-corrected chi connectivity index (χ3v) is 4.75. The summed E-state index contributed by atoms with van der Waals surface area (Å²) >= 11 is 5.65. The Hall–Kier alpha value is -1.89. The molecule has 0 fully saturated rings. The highest BCUT2D eigenvalue weighted by Crippen LogP contribution is 2.18. The number of nitrogens with zero attached hydrogens (tertiary/aromatic N) is 1. The zero-order chi connectivity index (χ0) is 14.9. The van der Waals surface area contributed by atoms with Crippen LogP contribution < -0.4 is 4.72 Å². The molecule has 0 unspecified atom stereocenters. The minimum atomic E-state index is -3.61. The molecule has 0 amide bonds. The van der Waals surface area contributed by atoms with Gasteiger partial charge in [-0.2, -0.15) is 0 Å². The first-order chi connectivity index (χ1) is 10.1. The largest absolute Gasteiger partial charge is 0.361 e. The number of aromatic nitrogens is 2. The number of fused-ring (bicyclic) bond motifs is 1. The summed E-state index contributed by atoms with van der Waals surface area (Å²) in [6.07, 6.45) is 3.03. The van der Waals surface area contributed by atoms with Crippen molar-refractivity contribution in [1.29, 1.82) is 0 Å². The molecule has 0 bridgehead atoms. The SMILES string of the molecule is O=S(=O)(NCc1c[nH]c2ccccc12)c1ccc(Cl)nc1. The predicted octanol–water partition coefficient (Wildman–Crippen LogP) is 2.69. The van der Waals surface area contributed by atoms with E-state index in [0.29, 0.717) is 0 Å². The predicted molar refractivity (Wildman–Crippen MR) is 81.6 cm³/mol. The van der Waals surface area contributed by atoms with E-state index in [2.05, 4.69) is 14.7 Å². The molecule has 0 spiro atoms. The van der Waals surface area contributed by atoms with Gasteiger partial charge < -0.3 is 4.98 Å². The molecule has 3 aromatic rings. The van der Waals surface area contributed by atoms with E-state index in [4.69, 9.17) is 11.6 Å². The summed E-state index contributed by atoms with van der Waals surface area (Å²) < 4.78 is 26.9. The van der Waals surface area contributed by atoms with Crippen LogP contribution in [0.25, 0.3) is 10.9 Å². The Kier molecular flexibility index (Phi) is 3.67. The summed E-state index contributed by atoms with van der Waals surface area (Å²) in [7, 11) is -3.61. The van der Waals surface area contributed by atoms with E-state index >= 15 is 0 Å². The van der Waals surface area contributed by atoms with Crippen molar-refractivity contribution in [3.05, 3.63) is 59.5 Å². The van der Waals surface area contributed by atoms with E-state index in [-0.39, 0.29) is 16.6 Å². The van der Waals surface area contributed by atoms with Crippen LogP contribution in [0.15, 0.2) is 53.7 Å². The molecule has 0 radical (unpaired) electrons. The molecule has 21 heavy (non-hydrogen) atoms. The molecule has 108 valence electrons. The van der Waals surface area contributed by atoms with Gasteiger partial charge >= 0.3 is 0 Å². The van der Waals surface area contributed by atoms with Crippen LogP contribution in [0.1, 0.15) is 5.56 Å². The van der Waals surface area contributed by atoms with Crippen molar-refractivity contribution in [1.82, 2.24) is 14.7 Å². The van der Waals surface area contributed by atoms with Crippen molar-refractivity contribution in [2.75, 3.05) is 0 Å². The summed E-state index contributed by atoms with van der Waals surface area (Å²) in [5, 5.41) is 1.25. The number of hydrogen-bond acceptors (Lipinski definition) is 3. The van der Waals surface area contributed by atoms with E-state index in [9.17, 15) is 8.42 Å². The molecule has 2 aromatic heterocycles. The molecule has 0 saturated carbocycles. The van der Waals surface area contributed by atoms with Gasteiger partial charge in [-0.05, 0) is 23.8 Å². The lowest BCUT2D eigenvalue weighted by Gasteiger charge is -2.06. The maximum absolute atomic E-state index is 12.2. The van der Waals surface area contributed by atoms with Crippen LogP contribution in [-0.4, -0.2) is 18.4 Å². The number of para-hydroxylation sites is 1. The summed E-state index contributed by atoms with van der Waals surface area (Å²) in [4.78, 5) is 6.98. The molecule has 0 atom stereocenters. The molecule has 1 aromatic carbocycles. The molecule has 0 aliphatic heterocycles. The third kappa shape index (κ3) is 2.92. The zero-order valence-corrected chi connectivity index (χ0v) is 12.4. The Morgan fingerprint density at radius 1 is 1.19 bits per heavy atom. The van der Waals surface area contributed by atoms with Crippen LogP contribution in [0.5, 0.6) is 0 Å². The lowest BCUT2D eigenvalue weighted by atomic mass is 10.2. The fourth-order valence-corrected chi connectivity index (χ4v) is 3.12. The molecule has 0 saturated heterocycles. The smallest absolute Gasteiger partial charge is 0.242 e. The maximum Gasteiger partial charge on any atom is 0.242 e. The van der Waals surface area contributed by atoms with Crippen molar-refractivity contribution < 1.29 is 8.42 Å². The van der Waals surface area contributed by atoms with Gasteiger partial charge in [-0.15, -0.1) is 0 Å². The second kappa shape index (κ2) is 5.48. The van der Waals surface area contributed by atoms with Gasteiger partial charge in [-0.3, -0.25) is 0 Å². The van der Waals surface area contributed by atoms with Crippen LogP contribution in [-0.2, 0) is 16.6 Å². The lowest BCUT2D eigenvalue weighted by molar-refractivity contribution is 0.581. The molecule has 2 N–H and O–H groups in total. The van der Waals surface area contributed by atoms with Crippen LogP contribution in [0, 0.1) is 0 Å². The number of nitrogens with one attached hydrogen (secondary N) is 2. The molecular formula is C14H12ClN3O2S. The van der Waals surface area contributed by atoms with Crippen LogP contribution in [0.3, 0.4) is 0 Å². The Balaban J connectivity index is 1.82. The van der Waals surface area contributed by atoms with E-state index in [1.54, 1.807) is 6.20 Å². The molecular weight excluding hydrogens is 310 g/mol. The summed E-state index contributed by atoms with van der Waals surface area (Å²) in [6, 6.07) is 10.6. The van der Waals surface area contributed by atoms with Crippen LogP contribution in [0.4, 0.5) is 0 Å². The molecule has 0 aliphatic carbocycles. The Bertz CT molecular complexity index is 873. The quantitative estimate of drug-likeness (QED) is 0.725. The van der Waals surface area contributed by atoms with Crippen molar-refractivity contribution in [2.24, 2.45) is 0 Å². The van der Waals surface area contributed by atoms with Crippen molar-refractivity contribution in [3.63, 3.8) is 0 Å². The Morgan fingerprint density at radius 3 is 2.76 bits per heavy atom. The van der Waals surface area contributed by atoms with Gasteiger partial charge in [-0.1, -0.05) is 29.8 Å². The highest BCUT2D eigenvalue weighted by Gasteiger charge is 2.15. The minimum absolute atomic E-state index is 0.0896. The summed E-state index contributed by atoms with van der Waals surface area (Å²) in [6.45, 7) is 0.203. The molecule has 2 heterocycles. The molecule has 0 aliphatic rings. The van der Waals surface area contributed by atoms with Crippen molar-refractivity contribution >= 4 is 32.5 Å². The van der Waals surface area contributed by atoms with E-state index in [1.165, 1.54) is 18.3 Å². The van der Waals surface area contributed by atoms with Crippen molar-refractivity contribution in [3.8, 4) is 0 Å². The molecule has 3 rings (SSSR count). The number of hydrogen-bond donors (Lipinski definition) is 2. The van der Waals surface area contributed by atoms with Gasteiger partial charge in [0.1, 0.15) is 10.0 Å². The second-order valence-corrected chi connectivity index (χ2v) is 6.65. The van der Waals surface area contributed by atoms with Gasteiger partial charge in [-0.25, -0.2) is 18.1 Å².